The van der Waals surface area contributed by atoms with Crippen molar-refractivity contribution in [2.24, 2.45) is 0 Å². The van der Waals surface area contributed by atoms with Crippen LogP contribution >= 0.6 is 11.6 Å². The molecule has 38 heavy (non-hydrogen) atoms. The Bertz CT molecular complexity index is 1050. The van der Waals surface area contributed by atoms with E-state index in [1.807, 2.05) is 0 Å². The number of amides is 4. The number of nitrogens with zero attached hydrogens (tertiary/aromatic N) is 2. The zero-order valence-corrected chi connectivity index (χ0v) is 20.9. The number of benzene rings is 1. The van der Waals surface area contributed by atoms with Gasteiger partial charge >= 0.3 is 18.2 Å². The Hall–Kier alpha value is -2.97. The third-order valence-electron chi connectivity index (χ3n) is 6.23. The van der Waals surface area contributed by atoms with E-state index in [1.165, 1.54) is 4.90 Å². The van der Waals surface area contributed by atoms with Crippen LogP contribution in [0.4, 0.5) is 28.0 Å². The highest BCUT2D eigenvalue weighted by Crippen LogP contribution is 2.30. The Morgan fingerprint density at radius 2 is 1.76 bits per heavy atom. The summed E-state index contributed by atoms with van der Waals surface area (Å²) in [4.78, 5) is 48.6. The van der Waals surface area contributed by atoms with Crippen molar-refractivity contribution in [3.8, 4) is 0 Å². The van der Waals surface area contributed by atoms with Crippen molar-refractivity contribution >= 4 is 41.1 Å². The minimum atomic E-state index is -5.08. The normalized spacial score (nSPS) is 22.9. The number of rotatable bonds is 4. The summed E-state index contributed by atoms with van der Waals surface area (Å²) in [5.74, 6) is -3.25. The molecule has 4 amide bonds. The van der Waals surface area contributed by atoms with Crippen molar-refractivity contribution in [1.29, 1.82) is 0 Å². The van der Waals surface area contributed by atoms with Gasteiger partial charge < -0.3 is 20.1 Å². The molecule has 3 fully saturated rings. The van der Waals surface area contributed by atoms with Crippen LogP contribution in [-0.4, -0.2) is 91.1 Å². The number of piperidine rings is 2. The van der Waals surface area contributed by atoms with Gasteiger partial charge in [-0.1, -0.05) is 11.6 Å². The Kier molecular flexibility index (Phi) is 9.90. The fourth-order valence-electron chi connectivity index (χ4n) is 4.22. The molecule has 3 saturated heterocycles. The molecule has 0 spiro atoms. The molecule has 0 aliphatic carbocycles. The highest BCUT2D eigenvalue weighted by molar-refractivity contribution is 6.34. The van der Waals surface area contributed by atoms with E-state index in [2.05, 4.69) is 10.6 Å². The predicted molar refractivity (Wildman–Crippen MR) is 127 cm³/mol. The van der Waals surface area contributed by atoms with Crippen LogP contribution in [0.15, 0.2) is 18.2 Å². The number of hydrogen-bond acceptors (Lipinski definition) is 6. The van der Waals surface area contributed by atoms with Crippen molar-refractivity contribution < 1.29 is 46.6 Å². The first-order valence-corrected chi connectivity index (χ1v) is 12.2. The fraction of sp³-hybridized carbons (Fsp3) is 0.565. The predicted octanol–water partition coefficient (Wildman–Crippen LogP) is 2.74. The lowest BCUT2D eigenvalue weighted by molar-refractivity contribution is -0.192. The Labute approximate surface area is 220 Å². The van der Waals surface area contributed by atoms with Crippen LogP contribution in [0.3, 0.4) is 0 Å². The molecule has 4 rings (SSSR count). The molecule has 0 unspecified atom stereocenters. The van der Waals surface area contributed by atoms with Crippen molar-refractivity contribution in [3.63, 3.8) is 0 Å². The molecule has 0 radical (unpaired) electrons. The Balaban J connectivity index is 0.000000505. The first kappa shape index (κ1) is 29.6. The second-order valence-corrected chi connectivity index (χ2v) is 9.31. The van der Waals surface area contributed by atoms with Gasteiger partial charge in [-0.25, -0.2) is 14.0 Å². The number of urea groups is 1. The number of carbonyl (C=O) groups excluding carboxylic acids is 3. The summed E-state index contributed by atoms with van der Waals surface area (Å²) in [5, 5.41) is 12.7. The highest BCUT2D eigenvalue weighted by Gasteiger charge is 2.38. The molecule has 3 N–H and O–H groups in total. The van der Waals surface area contributed by atoms with E-state index in [1.54, 1.807) is 23.1 Å². The van der Waals surface area contributed by atoms with Gasteiger partial charge in [0.15, 0.2) is 0 Å². The fourth-order valence-corrected chi connectivity index (χ4v) is 4.44. The van der Waals surface area contributed by atoms with Gasteiger partial charge in [0.05, 0.1) is 22.9 Å². The van der Waals surface area contributed by atoms with Gasteiger partial charge in [-0.2, -0.15) is 13.2 Å². The number of likely N-dealkylation sites (tertiary alicyclic amines) is 1. The number of carboxylic acids is 1. The number of imide groups is 1. The number of alkyl halides is 4. The van der Waals surface area contributed by atoms with E-state index >= 15 is 0 Å². The van der Waals surface area contributed by atoms with Gasteiger partial charge in [-0.3, -0.25) is 19.8 Å². The van der Waals surface area contributed by atoms with Crippen LogP contribution in [0.1, 0.15) is 36.0 Å². The van der Waals surface area contributed by atoms with E-state index in [0.717, 1.165) is 6.54 Å². The number of aliphatic carboxylic acids is 1. The van der Waals surface area contributed by atoms with Gasteiger partial charge in [0.25, 0.3) is 5.91 Å². The average Bonchev–Trinajstić information content (AvgIpc) is 2.86. The van der Waals surface area contributed by atoms with Crippen molar-refractivity contribution in [3.05, 3.63) is 28.8 Å². The summed E-state index contributed by atoms with van der Waals surface area (Å²) in [6, 6.07) is 4.25. The topological polar surface area (TPSA) is 128 Å². The second-order valence-electron chi connectivity index (χ2n) is 8.90. The van der Waals surface area contributed by atoms with Crippen LogP contribution in [0, 0.1) is 0 Å². The van der Waals surface area contributed by atoms with Crippen LogP contribution in [0.2, 0.25) is 5.02 Å². The molecule has 0 bridgehead atoms. The van der Waals surface area contributed by atoms with Gasteiger partial charge in [0.1, 0.15) is 6.17 Å². The monoisotopic (exact) mass is 566 g/mol. The number of ether oxygens (including phenoxy) is 1. The zero-order valence-electron chi connectivity index (χ0n) is 20.1. The summed E-state index contributed by atoms with van der Waals surface area (Å²) in [6.45, 7) is 2.32. The number of anilines is 1. The molecular formula is C23H27ClF4N4O6. The minimum absolute atomic E-state index is 0.0549. The maximum absolute atomic E-state index is 14.0. The molecule has 2 atom stereocenters. The highest BCUT2D eigenvalue weighted by atomic mass is 35.5. The van der Waals surface area contributed by atoms with E-state index in [4.69, 9.17) is 26.2 Å². The smallest absolute Gasteiger partial charge is 0.475 e. The summed E-state index contributed by atoms with van der Waals surface area (Å²) in [6.07, 6.45) is -4.38. The first-order chi connectivity index (χ1) is 17.9. The quantitative estimate of drug-likeness (QED) is 0.478. The summed E-state index contributed by atoms with van der Waals surface area (Å²) in [7, 11) is 0. The number of nitrogens with one attached hydrogen (secondary N) is 2. The molecule has 10 nitrogen and oxygen atoms in total. The van der Waals surface area contributed by atoms with Gasteiger partial charge in [0.2, 0.25) is 5.91 Å². The third kappa shape index (κ3) is 7.77. The lowest BCUT2D eigenvalue weighted by Crippen LogP contribution is -2.49. The van der Waals surface area contributed by atoms with Crippen LogP contribution in [-0.2, 0) is 14.3 Å². The van der Waals surface area contributed by atoms with Crippen molar-refractivity contribution in [2.45, 2.75) is 50.2 Å². The standard InChI is InChI=1S/C21H26ClFN4O4.C2HF3O2/c22-15-2-1-13(11-17(15)27-10-6-19(28)25-21(27)30)20(29)26-8-4-14(5-9-26)31-18-3-7-24-12-16(18)23;3-2(4,5)1(6)7/h1-2,11,14,16,18,24H,3-10,12H2,(H,25,28,30);(H,6,7)/t16-,18-;/m1./s1. The van der Waals surface area contributed by atoms with E-state index in [-0.39, 0.29) is 37.0 Å². The molecule has 3 aliphatic heterocycles. The molecular weight excluding hydrogens is 540 g/mol. The van der Waals surface area contributed by atoms with Crippen molar-refractivity contribution in [1.82, 2.24) is 15.5 Å². The average molecular weight is 567 g/mol. The molecule has 3 aliphatic rings. The number of hydrogen-bond donors (Lipinski definition) is 3. The van der Waals surface area contributed by atoms with Crippen LogP contribution < -0.4 is 15.5 Å². The Morgan fingerprint density at radius 3 is 2.34 bits per heavy atom. The van der Waals surface area contributed by atoms with Gasteiger partial charge in [0, 0.05) is 38.2 Å². The molecule has 1 aromatic rings. The van der Waals surface area contributed by atoms with Gasteiger partial charge in [-0.05, 0) is 44.0 Å². The lowest BCUT2D eigenvalue weighted by Gasteiger charge is -2.36. The number of carbonyl (C=O) groups is 4. The largest absolute Gasteiger partial charge is 0.490 e. The first-order valence-electron chi connectivity index (χ1n) is 11.9. The van der Waals surface area contributed by atoms with Crippen molar-refractivity contribution in [2.75, 3.05) is 37.6 Å². The molecule has 3 heterocycles. The van der Waals surface area contributed by atoms with Crippen LogP contribution in [0.5, 0.6) is 0 Å². The SMILES string of the molecule is O=C(O)C(F)(F)F.O=C1CCN(c2cc(C(=O)N3CCC(O[C@@H]4CCNC[C@H]4F)CC3)ccc2Cl)C(=O)N1. The lowest BCUT2D eigenvalue weighted by atomic mass is 10.0. The van der Waals surface area contributed by atoms with E-state index < -0.39 is 24.3 Å². The molecule has 0 aromatic heterocycles. The van der Waals surface area contributed by atoms with E-state index in [9.17, 15) is 31.9 Å². The molecule has 15 heteroatoms. The minimum Gasteiger partial charge on any atom is -0.475 e. The number of carboxylic acid groups (broad SMARTS) is 1. The van der Waals surface area contributed by atoms with Crippen LogP contribution in [0.25, 0.3) is 0 Å². The maximum Gasteiger partial charge on any atom is 0.490 e. The third-order valence-corrected chi connectivity index (χ3v) is 6.54. The molecule has 210 valence electrons. The van der Waals surface area contributed by atoms with Gasteiger partial charge in [-0.15, -0.1) is 0 Å². The number of halogens is 5. The summed E-state index contributed by atoms with van der Waals surface area (Å²) >= 11 is 6.26. The Morgan fingerprint density at radius 1 is 1.11 bits per heavy atom. The van der Waals surface area contributed by atoms with E-state index in [0.29, 0.717) is 55.2 Å². The molecule has 0 saturated carbocycles. The second kappa shape index (κ2) is 12.7. The maximum atomic E-state index is 14.0. The molecule has 1 aromatic carbocycles. The summed E-state index contributed by atoms with van der Waals surface area (Å²) < 4.78 is 51.7. The summed E-state index contributed by atoms with van der Waals surface area (Å²) in [5.41, 5.74) is 0.821. The zero-order chi connectivity index (χ0) is 28.0.